The maximum Gasteiger partial charge on any atom is 0.342 e. The van der Waals surface area contributed by atoms with Crippen LogP contribution in [0.2, 0.25) is 0 Å². The van der Waals surface area contributed by atoms with E-state index in [0.717, 1.165) is 4.31 Å². The van der Waals surface area contributed by atoms with Crippen molar-refractivity contribution in [3.05, 3.63) is 41.3 Å². The van der Waals surface area contributed by atoms with E-state index >= 15 is 0 Å². The Balaban J connectivity index is 2.75. The highest BCUT2D eigenvalue weighted by atomic mass is 35.5. The monoisotopic (exact) mass is 457 g/mol. The van der Waals surface area contributed by atoms with E-state index in [2.05, 4.69) is 9.97 Å². The van der Waals surface area contributed by atoms with Crippen molar-refractivity contribution in [2.45, 2.75) is 33.1 Å². The van der Waals surface area contributed by atoms with Gasteiger partial charge >= 0.3 is 5.97 Å². The maximum atomic E-state index is 13.4. The second-order valence-corrected chi connectivity index (χ2v) is 9.34. The molecular formula is C20H25ClFN3O4S. The molecule has 0 saturated carbocycles. The van der Waals surface area contributed by atoms with Gasteiger partial charge in [-0.25, -0.2) is 31.9 Å². The summed E-state index contributed by atoms with van der Waals surface area (Å²) < 4.78 is 44.9. The first-order chi connectivity index (χ1) is 14.1. The van der Waals surface area contributed by atoms with Gasteiger partial charge in [0, 0.05) is 18.5 Å². The van der Waals surface area contributed by atoms with Gasteiger partial charge in [-0.1, -0.05) is 13.8 Å². The first-order valence-corrected chi connectivity index (χ1v) is 11.6. The van der Waals surface area contributed by atoms with Crippen molar-refractivity contribution >= 4 is 33.5 Å². The zero-order valence-corrected chi connectivity index (χ0v) is 18.9. The Bertz CT molecular complexity index is 998. The number of aromatic nitrogens is 2. The third-order valence-electron chi connectivity index (χ3n) is 4.30. The predicted octanol–water partition coefficient (Wildman–Crippen LogP) is 3.98. The van der Waals surface area contributed by atoms with E-state index < -0.39 is 21.8 Å². The maximum absolute atomic E-state index is 13.4. The van der Waals surface area contributed by atoms with Crippen molar-refractivity contribution in [3.63, 3.8) is 0 Å². The number of halogens is 2. The molecule has 1 aromatic heterocycles. The Morgan fingerprint density at radius 1 is 1.23 bits per heavy atom. The lowest BCUT2D eigenvalue weighted by molar-refractivity contribution is 0.0524. The second-order valence-electron chi connectivity index (χ2n) is 6.84. The molecule has 0 amide bonds. The van der Waals surface area contributed by atoms with Gasteiger partial charge in [-0.3, -0.25) is 0 Å². The Hall–Kier alpha value is -2.26. The molecule has 0 aliphatic rings. The smallest absolute Gasteiger partial charge is 0.342 e. The summed E-state index contributed by atoms with van der Waals surface area (Å²) in [6.07, 6.45) is 0.275. The van der Waals surface area contributed by atoms with Crippen LogP contribution in [0.5, 0.6) is 0 Å². The van der Waals surface area contributed by atoms with E-state index in [1.165, 1.54) is 31.3 Å². The largest absolute Gasteiger partial charge is 0.462 e. The van der Waals surface area contributed by atoms with Crippen molar-refractivity contribution in [1.82, 2.24) is 9.97 Å². The second kappa shape index (κ2) is 10.2. The summed E-state index contributed by atoms with van der Waals surface area (Å²) in [6, 6.07) is 5.41. The number of alkyl halides is 1. The van der Waals surface area contributed by atoms with Crippen molar-refractivity contribution in [2.75, 3.05) is 29.6 Å². The van der Waals surface area contributed by atoms with Crippen LogP contribution >= 0.6 is 11.6 Å². The highest BCUT2D eigenvalue weighted by molar-refractivity contribution is 7.92. The van der Waals surface area contributed by atoms with Crippen LogP contribution in [0.1, 0.15) is 49.2 Å². The number of anilines is 1. The van der Waals surface area contributed by atoms with Gasteiger partial charge in [-0.15, -0.1) is 11.6 Å². The quantitative estimate of drug-likeness (QED) is 0.418. The summed E-state index contributed by atoms with van der Waals surface area (Å²) >= 11 is 5.63. The molecule has 0 spiro atoms. The van der Waals surface area contributed by atoms with Crippen LogP contribution in [-0.2, 0) is 14.8 Å². The van der Waals surface area contributed by atoms with Crippen molar-refractivity contribution in [2.24, 2.45) is 0 Å². The lowest BCUT2D eigenvalue weighted by Gasteiger charge is -2.22. The summed E-state index contributed by atoms with van der Waals surface area (Å²) in [7, 11) is -2.37. The van der Waals surface area contributed by atoms with Gasteiger partial charge in [-0.05, 0) is 43.5 Å². The SMILES string of the molecule is CCOC(=O)c1c(-c2ccc(F)cc2)nc(N(C)S(=O)(=O)CCCCl)nc1C(C)C. The van der Waals surface area contributed by atoms with Gasteiger partial charge in [0.05, 0.1) is 23.7 Å². The normalized spacial score (nSPS) is 11.6. The Morgan fingerprint density at radius 3 is 2.40 bits per heavy atom. The molecule has 2 aromatic rings. The number of nitrogens with zero attached hydrogens (tertiary/aromatic N) is 3. The van der Waals surface area contributed by atoms with Crippen molar-refractivity contribution in [1.29, 1.82) is 0 Å². The fraction of sp³-hybridized carbons (Fsp3) is 0.450. The van der Waals surface area contributed by atoms with E-state index in [4.69, 9.17) is 16.3 Å². The number of rotatable bonds is 9. The Morgan fingerprint density at radius 2 is 1.87 bits per heavy atom. The van der Waals surface area contributed by atoms with E-state index in [1.807, 2.05) is 13.8 Å². The molecule has 0 N–H and O–H groups in total. The fourth-order valence-corrected chi connectivity index (χ4v) is 4.15. The van der Waals surface area contributed by atoms with Crippen molar-refractivity contribution < 1.29 is 22.3 Å². The molecule has 0 aliphatic carbocycles. The summed E-state index contributed by atoms with van der Waals surface area (Å²) in [6.45, 7) is 5.47. The third kappa shape index (κ3) is 5.46. The zero-order chi connectivity index (χ0) is 22.5. The molecule has 0 saturated heterocycles. The summed E-state index contributed by atoms with van der Waals surface area (Å²) in [4.78, 5) is 21.5. The molecule has 1 aromatic carbocycles. The van der Waals surface area contributed by atoms with E-state index in [9.17, 15) is 17.6 Å². The fourth-order valence-electron chi connectivity index (χ4n) is 2.74. The van der Waals surface area contributed by atoms with Crippen LogP contribution in [0.15, 0.2) is 24.3 Å². The molecule has 0 radical (unpaired) electrons. The highest BCUT2D eigenvalue weighted by Crippen LogP contribution is 2.31. The minimum Gasteiger partial charge on any atom is -0.462 e. The molecule has 1 heterocycles. The predicted molar refractivity (Wildman–Crippen MR) is 115 cm³/mol. The Kier molecular flexibility index (Phi) is 8.14. The van der Waals surface area contributed by atoms with Crippen LogP contribution < -0.4 is 4.31 Å². The van der Waals surface area contributed by atoms with Gasteiger partial charge in [-0.2, -0.15) is 0 Å². The van der Waals surface area contributed by atoms with Crippen LogP contribution in [0.4, 0.5) is 10.3 Å². The highest BCUT2D eigenvalue weighted by Gasteiger charge is 2.28. The Labute approximate surface area is 181 Å². The number of sulfonamides is 1. The molecule has 2 rings (SSSR count). The van der Waals surface area contributed by atoms with E-state index in [0.29, 0.717) is 11.3 Å². The van der Waals surface area contributed by atoms with Gasteiger partial charge in [0.2, 0.25) is 16.0 Å². The molecule has 0 bridgehead atoms. The van der Waals surface area contributed by atoms with Gasteiger partial charge in [0.1, 0.15) is 11.4 Å². The lowest BCUT2D eigenvalue weighted by atomic mass is 9.98. The average Bonchev–Trinajstić information content (AvgIpc) is 2.71. The van der Waals surface area contributed by atoms with Gasteiger partial charge in [0.25, 0.3) is 0 Å². The number of carbonyl (C=O) groups is 1. The molecule has 30 heavy (non-hydrogen) atoms. The molecule has 164 valence electrons. The number of esters is 1. The number of ether oxygens (including phenoxy) is 1. The molecule has 10 heteroatoms. The van der Waals surface area contributed by atoms with Crippen LogP contribution in [0, 0.1) is 5.82 Å². The standard InChI is InChI=1S/C20H25ClFN3O4S/c1-5-29-19(26)16-17(13(2)3)23-20(25(4)30(27,28)12-6-11-21)24-18(16)14-7-9-15(22)10-8-14/h7-10,13H,5-6,11-12H2,1-4H3. The lowest BCUT2D eigenvalue weighted by Crippen LogP contribution is -2.31. The summed E-state index contributed by atoms with van der Waals surface area (Å²) in [5.41, 5.74) is 1.10. The first kappa shape index (κ1) is 24.0. The topological polar surface area (TPSA) is 89.5 Å². The molecule has 0 fully saturated rings. The summed E-state index contributed by atoms with van der Waals surface area (Å²) in [5.74, 6) is -1.35. The zero-order valence-electron chi connectivity index (χ0n) is 17.4. The summed E-state index contributed by atoms with van der Waals surface area (Å²) in [5, 5.41) is 0. The molecule has 0 unspecified atom stereocenters. The molecule has 7 nitrogen and oxygen atoms in total. The van der Waals surface area contributed by atoms with Crippen molar-refractivity contribution in [3.8, 4) is 11.3 Å². The number of hydrogen-bond acceptors (Lipinski definition) is 6. The minimum atomic E-state index is -3.72. The van der Waals surface area contributed by atoms with Crippen LogP contribution in [0.25, 0.3) is 11.3 Å². The minimum absolute atomic E-state index is 0.0827. The molecule has 0 aliphatic heterocycles. The van der Waals surface area contributed by atoms with Crippen LogP contribution in [-0.4, -0.2) is 49.6 Å². The van der Waals surface area contributed by atoms with Gasteiger partial charge < -0.3 is 4.74 Å². The number of benzene rings is 1. The molecular weight excluding hydrogens is 433 g/mol. The van der Waals surface area contributed by atoms with E-state index in [-0.39, 0.29) is 47.8 Å². The number of carbonyl (C=O) groups excluding carboxylic acids is 1. The molecule has 0 atom stereocenters. The van der Waals surface area contributed by atoms with Crippen LogP contribution in [0.3, 0.4) is 0 Å². The average molecular weight is 458 g/mol. The third-order valence-corrected chi connectivity index (χ3v) is 6.37. The van der Waals surface area contributed by atoms with Gasteiger partial charge in [0.15, 0.2) is 0 Å². The first-order valence-electron chi connectivity index (χ1n) is 9.49. The van der Waals surface area contributed by atoms with E-state index in [1.54, 1.807) is 6.92 Å². The number of hydrogen-bond donors (Lipinski definition) is 0.